The van der Waals surface area contributed by atoms with Crippen molar-refractivity contribution in [1.82, 2.24) is 20.0 Å². The lowest BCUT2D eigenvalue weighted by Crippen LogP contribution is -2.27. The first-order chi connectivity index (χ1) is 13.0. The number of carbonyl (C=O) groups is 1. The first-order valence-electron chi connectivity index (χ1n) is 9.30. The van der Waals surface area contributed by atoms with Gasteiger partial charge in [-0.2, -0.15) is 16.4 Å². The summed E-state index contributed by atoms with van der Waals surface area (Å²) in [6.45, 7) is 12.5. The van der Waals surface area contributed by atoms with Crippen LogP contribution in [0.4, 0.5) is 5.82 Å². The molecule has 3 heterocycles. The Morgan fingerprint density at radius 3 is 2.57 bits per heavy atom. The quantitative estimate of drug-likeness (QED) is 0.674. The molecule has 0 atom stereocenters. The van der Waals surface area contributed by atoms with Crippen LogP contribution in [0.2, 0.25) is 0 Å². The fourth-order valence-corrected chi connectivity index (χ4v) is 3.26. The maximum Gasteiger partial charge on any atom is 0.248 e. The van der Waals surface area contributed by atoms with Gasteiger partial charge in [-0.15, -0.1) is 10.2 Å². The van der Waals surface area contributed by atoms with Gasteiger partial charge in [-0.25, -0.2) is 4.68 Å². The molecule has 0 aliphatic rings. The van der Waals surface area contributed by atoms with Crippen LogP contribution in [0.3, 0.4) is 0 Å². The van der Waals surface area contributed by atoms with E-state index in [1.165, 1.54) is 0 Å². The normalized spacial score (nSPS) is 12.4. The molecule has 0 saturated carbocycles. The lowest BCUT2D eigenvalue weighted by molar-refractivity contribution is -0.116. The van der Waals surface area contributed by atoms with Gasteiger partial charge < -0.3 is 9.73 Å². The summed E-state index contributed by atoms with van der Waals surface area (Å²) in [5.41, 5.74) is 1.50. The van der Waals surface area contributed by atoms with Crippen molar-refractivity contribution in [2.75, 3.05) is 5.32 Å². The molecular formula is C20H27N5O2S. The summed E-state index contributed by atoms with van der Waals surface area (Å²) >= 11 is 1.57. The van der Waals surface area contributed by atoms with Crippen molar-refractivity contribution >= 4 is 23.1 Å². The van der Waals surface area contributed by atoms with Crippen LogP contribution in [0.25, 0.3) is 11.5 Å². The van der Waals surface area contributed by atoms with Crippen LogP contribution >= 0.6 is 11.3 Å². The van der Waals surface area contributed by atoms with Crippen LogP contribution in [-0.2, 0) is 22.2 Å². The zero-order valence-electron chi connectivity index (χ0n) is 17.2. The number of anilines is 1. The molecule has 0 aliphatic carbocycles. The highest BCUT2D eigenvalue weighted by molar-refractivity contribution is 7.08. The third kappa shape index (κ3) is 4.67. The van der Waals surface area contributed by atoms with Gasteiger partial charge in [-0.05, 0) is 32.2 Å². The van der Waals surface area contributed by atoms with Crippen molar-refractivity contribution in [2.45, 2.75) is 65.3 Å². The summed E-state index contributed by atoms with van der Waals surface area (Å²) in [4.78, 5) is 12.5. The van der Waals surface area contributed by atoms with Crippen molar-refractivity contribution < 1.29 is 9.21 Å². The molecule has 3 aromatic rings. The van der Waals surface area contributed by atoms with Crippen LogP contribution in [0.15, 0.2) is 27.3 Å². The summed E-state index contributed by atoms with van der Waals surface area (Å²) < 4.78 is 7.51. The molecule has 0 aliphatic heterocycles. The topological polar surface area (TPSA) is 85.8 Å². The van der Waals surface area contributed by atoms with E-state index in [-0.39, 0.29) is 23.3 Å². The number of nitrogens with one attached hydrogen (secondary N) is 1. The SMILES string of the molecule is CC(C)(C)c1cc(NC(=O)CCc2nnc(-c3ccsc3)o2)n(C(C)(C)C)n1. The molecule has 1 N–H and O–H groups in total. The van der Waals surface area contributed by atoms with E-state index in [1.54, 1.807) is 11.3 Å². The Balaban J connectivity index is 1.67. The molecule has 0 aromatic carbocycles. The Morgan fingerprint density at radius 1 is 1.21 bits per heavy atom. The van der Waals surface area contributed by atoms with Gasteiger partial charge in [0.05, 0.1) is 11.2 Å². The molecule has 0 spiro atoms. The van der Waals surface area contributed by atoms with Crippen molar-refractivity contribution in [1.29, 1.82) is 0 Å². The third-order valence-corrected chi connectivity index (χ3v) is 4.86. The maximum absolute atomic E-state index is 12.5. The summed E-state index contributed by atoms with van der Waals surface area (Å²) in [5.74, 6) is 1.53. The highest BCUT2D eigenvalue weighted by Gasteiger charge is 2.25. The molecule has 3 aromatic heterocycles. The minimum absolute atomic E-state index is 0.0994. The number of aromatic nitrogens is 4. The summed E-state index contributed by atoms with van der Waals surface area (Å²) in [6, 6.07) is 3.87. The molecule has 0 radical (unpaired) electrons. The molecule has 0 fully saturated rings. The number of hydrogen-bond acceptors (Lipinski definition) is 6. The van der Waals surface area contributed by atoms with Crippen LogP contribution in [-0.4, -0.2) is 25.9 Å². The number of rotatable bonds is 5. The number of thiophene rings is 1. The molecule has 7 nitrogen and oxygen atoms in total. The summed E-state index contributed by atoms with van der Waals surface area (Å²) in [5, 5.41) is 19.7. The van der Waals surface area contributed by atoms with E-state index in [4.69, 9.17) is 9.52 Å². The largest absolute Gasteiger partial charge is 0.421 e. The number of aryl methyl sites for hydroxylation is 1. The van der Waals surface area contributed by atoms with Crippen LogP contribution in [0.5, 0.6) is 0 Å². The summed E-state index contributed by atoms with van der Waals surface area (Å²) in [6.07, 6.45) is 0.643. The average molecular weight is 402 g/mol. The molecule has 0 bridgehead atoms. The minimum Gasteiger partial charge on any atom is -0.421 e. The number of amides is 1. The van der Waals surface area contributed by atoms with Crippen LogP contribution < -0.4 is 5.32 Å². The van der Waals surface area contributed by atoms with Gasteiger partial charge in [-0.3, -0.25) is 4.79 Å². The maximum atomic E-state index is 12.5. The fraction of sp³-hybridized carbons (Fsp3) is 0.500. The lowest BCUT2D eigenvalue weighted by Gasteiger charge is -2.23. The van der Waals surface area contributed by atoms with Crippen molar-refractivity contribution in [3.63, 3.8) is 0 Å². The summed E-state index contributed by atoms with van der Waals surface area (Å²) in [7, 11) is 0. The Labute approximate surface area is 169 Å². The molecule has 0 saturated heterocycles. The average Bonchev–Trinajstić information content (AvgIpc) is 3.31. The Hall–Kier alpha value is -2.48. The lowest BCUT2D eigenvalue weighted by atomic mass is 9.92. The highest BCUT2D eigenvalue weighted by Crippen LogP contribution is 2.28. The van der Waals surface area contributed by atoms with E-state index in [9.17, 15) is 4.79 Å². The first kappa shape index (κ1) is 20.3. The van der Waals surface area contributed by atoms with E-state index in [1.807, 2.05) is 27.6 Å². The molecule has 28 heavy (non-hydrogen) atoms. The van der Waals surface area contributed by atoms with Gasteiger partial charge in [0.2, 0.25) is 17.7 Å². The van der Waals surface area contributed by atoms with Crippen molar-refractivity contribution in [3.8, 4) is 11.5 Å². The minimum atomic E-state index is -0.242. The molecule has 1 amide bonds. The van der Waals surface area contributed by atoms with Crippen molar-refractivity contribution in [2.24, 2.45) is 0 Å². The Bertz CT molecular complexity index is 942. The van der Waals surface area contributed by atoms with E-state index < -0.39 is 0 Å². The van der Waals surface area contributed by atoms with Crippen LogP contribution in [0, 0.1) is 0 Å². The number of hydrogen-bond donors (Lipinski definition) is 1. The van der Waals surface area contributed by atoms with E-state index >= 15 is 0 Å². The van der Waals surface area contributed by atoms with Crippen LogP contribution in [0.1, 0.15) is 59.5 Å². The monoisotopic (exact) mass is 401 g/mol. The smallest absolute Gasteiger partial charge is 0.248 e. The standard InChI is InChI=1S/C20H27N5O2S/c1-19(2,3)14-11-15(25(24-14)20(4,5)6)21-16(26)7-8-17-22-23-18(27-17)13-9-10-28-12-13/h9-12H,7-8H2,1-6H3,(H,21,26). The second kappa shape index (κ2) is 7.50. The van der Waals surface area contributed by atoms with E-state index in [2.05, 4.69) is 57.1 Å². The fourth-order valence-electron chi connectivity index (χ4n) is 2.63. The Morgan fingerprint density at radius 2 is 1.96 bits per heavy atom. The van der Waals surface area contributed by atoms with Gasteiger partial charge in [0, 0.05) is 35.3 Å². The molecule has 0 unspecified atom stereocenters. The van der Waals surface area contributed by atoms with E-state index in [0.717, 1.165) is 11.3 Å². The molecule has 3 rings (SSSR count). The molecule has 150 valence electrons. The van der Waals surface area contributed by atoms with Gasteiger partial charge in [0.25, 0.3) is 0 Å². The zero-order valence-corrected chi connectivity index (χ0v) is 18.1. The second-order valence-electron chi connectivity index (χ2n) is 8.81. The Kier molecular flexibility index (Phi) is 5.43. The highest BCUT2D eigenvalue weighted by atomic mass is 32.1. The first-order valence-corrected chi connectivity index (χ1v) is 10.2. The predicted octanol–water partition coefficient (Wildman–Crippen LogP) is 4.62. The number of carbonyl (C=O) groups excluding carboxylic acids is 1. The predicted molar refractivity (Wildman–Crippen MR) is 110 cm³/mol. The molecule has 8 heteroatoms. The number of nitrogens with zero attached hydrogens (tertiary/aromatic N) is 4. The van der Waals surface area contributed by atoms with Crippen molar-refractivity contribution in [3.05, 3.63) is 34.5 Å². The van der Waals surface area contributed by atoms with Gasteiger partial charge >= 0.3 is 0 Å². The van der Waals surface area contributed by atoms with Gasteiger partial charge in [0.15, 0.2) is 0 Å². The second-order valence-corrected chi connectivity index (χ2v) is 9.59. The van der Waals surface area contributed by atoms with Gasteiger partial charge in [0.1, 0.15) is 5.82 Å². The van der Waals surface area contributed by atoms with E-state index in [0.29, 0.717) is 24.0 Å². The zero-order chi connectivity index (χ0) is 20.5. The third-order valence-electron chi connectivity index (χ3n) is 4.18. The van der Waals surface area contributed by atoms with Gasteiger partial charge in [-0.1, -0.05) is 20.8 Å². The molecular weight excluding hydrogens is 374 g/mol.